The zero-order valence-corrected chi connectivity index (χ0v) is 17.7. The number of hydrogen-bond donors (Lipinski definition) is 2. The number of carbonyl (C=O) groups is 2. The van der Waals surface area contributed by atoms with E-state index in [9.17, 15) is 9.59 Å². The molecule has 3 aromatic carbocycles. The quantitative estimate of drug-likeness (QED) is 0.558. The average Bonchev–Trinajstić information content (AvgIpc) is 2.79. The molecule has 0 saturated carbocycles. The van der Waals surface area contributed by atoms with Crippen molar-refractivity contribution in [2.45, 2.75) is 38.8 Å². The summed E-state index contributed by atoms with van der Waals surface area (Å²) in [6, 6.07) is 23.3. The Morgan fingerprint density at radius 3 is 2.29 bits per heavy atom. The van der Waals surface area contributed by atoms with Crippen LogP contribution in [0.1, 0.15) is 48.7 Å². The van der Waals surface area contributed by atoms with Gasteiger partial charge in [0.25, 0.3) is 0 Å². The summed E-state index contributed by atoms with van der Waals surface area (Å²) in [5.74, 6) is -0.892. The average molecular weight is 415 g/mol. The van der Waals surface area contributed by atoms with Crippen molar-refractivity contribution < 1.29 is 14.7 Å². The van der Waals surface area contributed by atoms with E-state index in [4.69, 9.17) is 5.11 Å². The molecular formula is C26H26N2O3. The molecule has 0 fully saturated rings. The molecule has 3 aromatic rings. The number of para-hydroxylation sites is 1. The standard InChI is InChI=1S/C26H26N2O3/c1-3-22-16-24(27-21-7-5-4-6-8-21)23-15-20(13-14-25(23)28(22)17(2)29)18-9-11-19(12-10-18)26(30)31/h4-15,22,24,27H,3,16H2,1-2H3,(H,30,31)/t22-,24+/m1/s1. The smallest absolute Gasteiger partial charge is 0.335 e. The summed E-state index contributed by atoms with van der Waals surface area (Å²) in [5, 5.41) is 12.8. The van der Waals surface area contributed by atoms with Crippen LogP contribution in [0.3, 0.4) is 0 Å². The van der Waals surface area contributed by atoms with Crippen molar-refractivity contribution in [3.63, 3.8) is 0 Å². The Labute approximate surface area is 182 Å². The van der Waals surface area contributed by atoms with E-state index in [1.54, 1.807) is 19.1 Å². The second-order valence-electron chi connectivity index (χ2n) is 7.91. The van der Waals surface area contributed by atoms with Crippen LogP contribution >= 0.6 is 0 Å². The lowest BCUT2D eigenvalue weighted by atomic mass is 9.87. The molecule has 1 amide bonds. The zero-order chi connectivity index (χ0) is 22.0. The summed E-state index contributed by atoms with van der Waals surface area (Å²) in [5.41, 5.74) is 5.25. The minimum absolute atomic E-state index is 0.0461. The van der Waals surface area contributed by atoms with Crippen molar-refractivity contribution in [2.75, 3.05) is 10.2 Å². The molecule has 0 saturated heterocycles. The molecule has 0 aromatic heterocycles. The highest BCUT2D eigenvalue weighted by Crippen LogP contribution is 2.42. The Bertz CT molecular complexity index is 1090. The molecule has 0 bridgehead atoms. The number of fused-ring (bicyclic) bond motifs is 1. The molecule has 1 aliphatic heterocycles. The van der Waals surface area contributed by atoms with Gasteiger partial charge in [-0.2, -0.15) is 0 Å². The number of hydrogen-bond acceptors (Lipinski definition) is 3. The van der Waals surface area contributed by atoms with Gasteiger partial charge >= 0.3 is 5.97 Å². The van der Waals surface area contributed by atoms with Crippen molar-refractivity contribution in [3.8, 4) is 11.1 Å². The van der Waals surface area contributed by atoms with Crippen molar-refractivity contribution in [2.24, 2.45) is 0 Å². The van der Waals surface area contributed by atoms with E-state index in [-0.39, 0.29) is 23.6 Å². The second-order valence-corrected chi connectivity index (χ2v) is 7.91. The molecule has 1 aliphatic rings. The van der Waals surface area contributed by atoms with Crippen LogP contribution in [-0.4, -0.2) is 23.0 Å². The lowest BCUT2D eigenvalue weighted by molar-refractivity contribution is -0.117. The molecule has 5 heteroatoms. The molecule has 0 aliphatic carbocycles. The molecular weight excluding hydrogens is 388 g/mol. The van der Waals surface area contributed by atoms with Gasteiger partial charge in [-0.25, -0.2) is 4.79 Å². The number of amides is 1. The summed E-state index contributed by atoms with van der Waals surface area (Å²) >= 11 is 0. The fourth-order valence-corrected chi connectivity index (χ4v) is 4.39. The number of benzene rings is 3. The largest absolute Gasteiger partial charge is 0.478 e. The highest BCUT2D eigenvalue weighted by atomic mass is 16.4. The number of carboxylic acids is 1. The predicted octanol–water partition coefficient (Wildman–Crippen LogP) is 5.74. The molecule has 1 heterocycles. The third kappa shape index (κ3) is 4.17. The van der Waals surface area contributed by atoms with Gasteiger partial charge < -0.3 is 15.3 Å². The first kappa shape index (κ1) is 20.7. The Kier molecular flexibility index (Phi) is 5.76. The van der Waals surface area contributed by atoms with Gasteiger partial charge in [-0.15, -0.1) is 0 Å². The molecule has 2 N–H and O–H groups in total. The summed E-state index contributed by atoms with van der Waals surface area (Å²) in [6.45, 7) is 3.74. The number of aromatic carboxylic acids is 1. The number of carboxylic acid groups (broad SMARTS) is 1. The third-order valence-electron chi connectivity index (χ3n) is 5.93. The van der Waals surface area contributed by atoms with Crippen LogP contribution < -0.4 is 10.2 Å². The second kappa shape index (κ2) is 8.64. The highest BCUT2D eigenvalue weighted by Gasteiger charge is 2.34. The van der Waals surface area contributed by atoms with Crippen LogP contribution in [0.15, 0.2) is 72.8 Å². The number of nitrogens with one attached hydrogen (secondary N) is 1. The first-order valence-electron chi connectivity index (χ1n) is 10.6. The van der Waals surface area contributed by atoms with E-state index in [0.29, 0.717) is 0 Å². The molecule has 158 valence electrons. The number of carbonyl (C=O) groups excluding carboxylic acids is 1. The minimum atomic E-state index is -0.938. The van der Waals surface area contributed by atoms with E-state index >= 15 is 0 Å². The van der Waals surface area contributed by atoms with E-state index in [2.05, 4.69) is 18.3 Å². The fraction of sp³-hybridized carbons (Fsp3) is 0.231. The number of rotatable bonds is 5. The SMILES string of the molecule is CC[C@@H]1C[C@H](Nc2ccccc2)c2cc(-c3ccc(C(=O)O)cc3)ccc2N1C(C)=O. The molecule has 0 spiro atoms. The number of anilines is 2. The summed E-state index contributed by atoms with van der Waals surface area (Å²) in [4.78, 5) is 25.6. The Hall–Kier alpha value is -3.60. The fourth-order valence-electron chi connectivity index (χ4n) is 4.39. The molecule has 0 unspecified atom stereocenters. The number of nitrogens with zero attached hydrogens (tertiary/aromatic N) is 1. The summed E-state index contributed by atoms with van der Waals surface area (Å²) < 4.78 is 0. The van der Waals surface area contributed by atoms with Gasteiger partial charge in [0.15, 0.2) is 0 Å². The van der Waals surface area contributed by atoms with Crippen LogP contribution in [0.2, 0.25) is 0 Å². The molecule has 31 heavy (non-hydrogen) atoms. The maximum absolute atomic E-state index is 12.5. The van der Waals surface area contributed by atoms with Crippen molar-refractivity contribution in [1.82, 2.24) is 0 Å². The van der Waals surface area contributed by atoms with Gasteiger partial charge in [0, 0.05) is 24.3 Å². The molecule has 2 atom stereocenters. The van der Waals surface area contributed by atoms with Crippen molar-refractivity contribution >= 4 is 23.3 Å². The van der Waals surface area contributed by atoms with Gasteiger partial charge in [0.1, 0.15) is 0 Å². The van der Waals surface area contributed by atoms with Crippen molar-refractivity contribution in [3.05, 3.63) is 83.9 Å². The first-order chi connectivity index (χ1) is 15.0. The van der Waals surface area contributed by atoms with Gasteiger partial charge in [0.2, 0.25) is 5.91 Å². The molecule has 4 rings (SSSR count). The first-order valence-corrected chi connectivity index (χ1v) is 10.6. The van der Waals surface area contributed by atoms with E-state index < -0.39 is 5.97 Å². The lowest BCUT2D eigenvalue weighted by Crippen LogP contribution is -2.44. The van der Waals surface area contributed by atoms with E-state index in [1.807, 2.05) is 59.5 Å². The van der Waals surface area contributed by atoms with Crippen LogP contribution in [0.4, 0.5) is 11.4 Å². The van der Waals surface area contributed by atoms with Crippen LogP contribution in [-0.2, 0) is 4.79 Å². The Morgan fingerprint density at radius 2 is 1.68 bits per heavy atom. The monoisotopic (exact) mass is 414 g/mol. The maximum atomic E-state index is 12.5. The summed E-state index contributed by atoms with van der Waals surface area (Å²) in [6.07, 6.45) is 1.70. The van der Waals surface area contributed by atoms with E-state index in [0.717, 1.165) is 40.9 Å². The third-order valence-corrected chi connectivity index (χ3v) is 5.93. The Morgan fingerprint density at radius 1 is 1.00 bits per heavy atom. The predicted molar refractivity (Wildman–Crippen MR) is 123 cm³/mol. The van der Waals surface area contributed by atoms with Crippen LogP contribution in [0.25, 0.3) is 11.1 Å². The lowest BCUT2D eigenvalue weighted by Gasteiger charge is -2.41. The maximum Gasteiger partial charge on any atom is 0.335 e. The Balaban J connectivity index is 1.77. The highest BCUT2D eigenvalue weighted by molar-refractivity contribution is 5.94. The van der Waals surface area contributed by atoms with Gasteiger partial charge in [0.05, 0.1) is 11.6 Å². The van der Waals surface area contributed by atoms with Gasteiger partial charge in [-0.3, -0.25) is 4.79 Å². The topological polar surface area (TPSA) is 69.6 Å². The summed E-state index contributed by atoms with van der Waals surface area (Å²) in [7, 11) is 0. The van der Waals surface area contributed by atoms with Crippen LogP contribution in [0.5, 0.6) is 0 Å². The normalized spacial score (nSPS) is 17.7. The van der Waals surface area contributed by atoms with Gasteiger partial charge in [-0.05, 0) is 65.9 Å². The van der Waals surface area contributed by atoms with Crippen molar-refractivity contribution in [1.29, 1.82) is 0 Å². The molecule has 5 nitrogen and oxygen atoms in total. The van der Waals surface area contributed by atoms with Crippen LogP contribution in [0, 0.1) is 0 Å². The minimum Gasteiger partial charge on any atom is -0.478 e. The molecule has 0 radical (unpaired) electrons. The van der Waals surface area contributed by atoms with E-state index in [1.165, 1.54) is 0 Å². The van der Waals surface area contributed by atoms with Gasteiger partial charge in [-0.1, -0.05) is 43.3 Å². The zero-order valence-electron chi connectivity index (χ0n) is 17.7.